The van der Waals surface area contributed by atoms with E-state index in [2.05, 4.69) is 44.4 Å². The molecular weight excluding hydrogens is 466 g/mol. The lowest BCUT2D eigenvalue weighted by molar-refractivity contribution is -0.116. The zero-order chi connectivity index (χ0) is 27.2. The summed E-state index contributed by atoms with van der Waals surface area (Å²) in [7, 11) is 1.57. The van der Waals surface area contributed by atoms with E-state index in [-0.39, 0.29) is 30.4 Å². The van der Waals surface area contributed by atoms with Crippen molar-refractivity contribution in [1.82, 2.24) is 14.7 Å². The van der Waals surface area contributed by atoms with Gasteiger partial charge >= 0.3 is 6.03 Å². The molecule has 8 heteroatoms. The normalized spacial score (nSPS) is 11.3. The zero-order valence-corrected chi connectivity index (χ0v) is 23.0. The highest BCUT2D eigenvalue weighted by molar-refractivity contribution is 5.96. The van der Waals surface area contributed by atoms with Gasteiger partial charge in [-0.25, -0.2) is 9.48 Å². The second-order valence-electron chi connectivity index (χ2n) is 10.3. The Labute approximate surface area is 220 Å². The number of rotatable bonds is 9. The summed E-state index contributed by atoms with van der Waals surface area (Å²) in [5.74, 6) is 0.240. The molecule has 0 radical (unpaired) electrons. The number of carbonyl (C=O) groups is 2. The molecule has 0 aliphatic heterocycles. The van der Waals surface area contributed by atoms with Gasteiger partial charge in [-0.2, -0.15) is 5.10 Å². The van der Waals surface area contributed by atoms with Crippen LogP contribution in [0.4, 0.5) is 16.3 Å². The lowest BCUT2D eigenvalue weighted by Crippen LogP contribution is -2.42. The van der Waals surface area contributed by atoms with Crippen LogP contribution in [0.5, 0.6) is 0 Å². The SMILES string of the molecule is CCc1cccc(NC(=O)N(CCOC)CC(=O)Nc2cc(C(C)(C)C)nn2-c2ccc(C)cc2C)c1. The molecule has 37 heavy (non-hydrogen) atoms. The van der Waals surface area contributed by atoms with E-state index in [0.29, 0.717) is 18.1 Å². The first-order valence-electron chi connectivity index (χ1n) is 12.6. The first-order chi connectivity index (χ1) is 17.5. The Hall–Kier alpha value is -3.65. The number of ether oxygens (including phenoxy) is 1. The largest absolute Gasteiger partial charge is 0.383 e. The Morgan fingerprint density at radius 2 is 1.81 bits per heavy atom. The third-order valence-corrected chi connectivity index (χ3v) is 6.10. The van der Waals surface area contributed by atoms with E-state index in [1.807, 2.05) is 56.3 Å². The van der Waals surface area contributed by atoms with Crippen LogP contribution >= 0.6 is 0 Å². The van der Waals surface area contributed by atoms with Gasteiger partial charge in [0.2, 0.25) is 5.91 Å². The van der Waals surface area contributed by atoms with Crippen LogP contribution < -0.4 is 10.6 Å². The van der Waals surface area contributed by atoms with Crippen LogP contribution in [0.3, 0.4) is 0 Å². The monoisotopic (exact) mass is 505 g/mol. The smallest absolute Gasteiger partial charge is 0.322 e. The first kappa shape index (κ1) is 27.9. The number of benzene rings is 2. The van der Waals surface area contributed by atoms with Crippen molar-refractivity contribution >= 4 is 23.4 Å². The molecule has 198 valence electrons. The van der Waals surface area contributed by atoms with Crippen molar-refractivity contribution in [3.8, 4) is 5.69 Å². The van der Waals surface area contributed by atoms with Crippen molar-refractivity contribution in [1.29, 1.82) is 0 Å². The molecule has 3 amide bonds. The molecule has 0 aliphatic rings. The van der Waals surface area contributed by atoms with Gasteiger partial charge in [0.05, 0.1) is 18.0 Å². The molecule has 3 aromatic rings. The van der Waals surface area contributed by atoms with Gasteiger partial charge in [0.1, 0.15) is 12.4 Å². The maximum atomic E-state index is 13.2. The van der Waals surface area contributed by atoms with E-state index in [9.17, 15) is 9.59 Å². The number of nitrogens with one attached hydrogen (secondary N) is 2. The van der Waals surface area contributed by atoms with E-state index in [0.717, 1.165) is 34.5 Å². The highest BCUT2D eigenvalue weighted by atomic mass is 16.5. The van der Waals surface area contributed by atoms with E-state index < -0.39 is 0 Å². The van der Waals surface area contributed by atoms with Gasteiger partial charge in [-0.05, 0) is 49.6 Å². The van der Waals surface area contributed by atoms with Gasteiger partial charge in [0, 0.05) is 30.8 Å². The van der Waals surface area contributed by atoms with E-state index >= 15 is 0 Å². The molecule has 0 bridgehead atoms. The standard InChI is InChI=1S/C29H39N5O3/c1-8-22-10-9-11-23(17-22)30-28(36)33(14-15-37-7)19-27(35)31-26-18-25(29(4,5)6)32-34(26)24-13-12-20(2)16-21(24)3/h9-13,16-18H,8,14-15,19H2,1-7H3,(H,30,36)(H,31,35). The number of anilines is 2. The average molecular weight is 506 g/mol. The minimum atomic E-state index is -0.362. The van der Waals surface area contributed by atoms with Gasteiger partial charge in [0.25, 0.3) is 0 Å². The molecule has 0 spiro atoms. The fourth-order valence-corrected chi connectivity index (χ4v) is 3.94. The third kappa shape index (κ3) is 7.43. The fourth-order valence-electron chi connectivity index (χ4n) is 3.94. The Morgan fingerprint density at radius 3 is 2.46 bits per heavy atom. The molecule has 1 aromatic heterocycles. The molecule has 3 rings (SSSR count). The van der Waals surface area contributed by atoms with Crippen LogP contribution in [0.2, 0.25) is 0 Å². The minimum Gasteiger partial charge on any atom is -0.383 e. The Bertz CT molecular complexity index is 1240. The number of hydrogen-bond donors (Lipinski definition) is 2. The van der Waals surface area contributed by atoms with Crippen LogP contribution in [-0.2, 0) is 21.4 Å². The third-order valence-electron chi connectivity index (χ3n) is 6.10. The zero-order valence-electron chi connectivity index (χ0n) is 23.0. The molecule has 2 N–H and O–H groups in total. The lowest BCUT2D eigenvalue weighted by atomic mass is 9.92. The molecular formula is C29H39N5O3. The number of nitrogens with zero attached hydrogens (tertiary/aromatic N) is 3. The van der Waals surface area contributed by atoms with Crippen LogP contribution in [0.1, 0.15) is 50.1 Å². The predicted octanol–water partition coefficient (Wildman–Crippen LogP) is 5.47. The van der Waals surface area contributed by atoms with Gasteiger partial charge in [0.15, 0.2) is 0 Å². The number of hydrogen-bond acceptors (Lipinski definition) is 4. The maximum Gasteiger partial charge on any atom is 0.322 e. The summed E-state index contributed by atoms with van der Waals surface area (Å²) in [4.78, 5) is 27.7. The van der Waals surface area contributed by atoms with Crippen molar-refractivity contribution in [3.63, 3.8) is 0 Å². The van der Waals surface area contributed by atoms with Gasteiger partial charge in [-0.1, -0.05) is 57.5 Å². The summed E-state index contributed by atoms with van der Waals surface area (Å²) in [5.41, 5.74) is 5.55. The Kier molecular flexibility index (Phi) is 9.10. The van der Waals surface area contributed by atoms with Crippen LogP contribution in [0, 0.1) is 13.8 Å². The van der Waals surface area contributed by atoms with Gasteiger partial charge in [-0.15, -0.1) is 0 Å². The second-order valence-corrected chi connectivity index (χ2v) is 10.3. The Balaban J connectivity index is 1.83. The molecule has 0 atom stereocenters. The summed E-state index contributed by atoms with van der Waals surface area (Å²) in [6, 6.07) is 15.3. The average Bonchev–Trinajstić information content (AvgIpc) is 3.25. The fraction of sp³-hybridized carbons (Fsp3) is 0.414. The molecule has 8 nitrogen and oxygen atoms in total. The van der Waals surface area contributed by atoms with E-state index in [1.165, 1.54) is 4.90 Å². The van der Waals surface area contributed by atoms with Crippen molar-refractivity contribution in [3.05, 3.63) is 70.9 Å². The summed E-state index contributed by atoms with van der Waals surface area (Å²) in [6.07, 6.45) is 0.865. The number of urea groups is 1. The van der Waals surface area contributed by atoms with E-state index in [4.69, 9.17) is 9.84 Å². The summed E-state index contributed by atoms with van der Waals surface area (Å²) in [6.45, 7) is 12.8. The molecule has 0 unspecified atom stereocenters. The number of aromatic nitrogens is 2. The van der Waals surface area contributed by atoms with Gasteiger partial charge < -0.3 is 20.3 Å². The molecule has 1 heterocycles. The predicted molar refractivity (Wildman–Crippen MR) is 149 cm³/mol. The number of amides is 3. The van der Waals surface area contributed by atoms with Crippen molar-refractivity contribution in [2.24, 2.45) is 0 Å². The molecule has 0 fully saturated rings. The second kappa shape index (κ2) is 12.1. The number of aryl methyl sites for hydroxylation is 3. The number of methoxy groups -OCH3 is 1. The first-order valence-corrected chi connectivity index (χ1v) is 12.6. The summed E-state index contributed by atoms with van der Waals surface area (Å²) < 4.78 is 6.95. The quantitative estimate of drug-likeness (QED) is 0.404. The maximum absolute atomic E-state index is 13.2. The van der Waals surface area contributed by atoms with E-state index in [1.54, 1.807) is 11.8 Å². The minimum absolute atomic E-state index is 0.133. The number of carbonyl (C=O) groups excluding carboxylic acids is 2. The highest BCUT2D eigenvalue weighted by Crippen LogP contribution is 2.28. The lowest BCUT2D eigenvalue weighted by Gasteiger charge is -2.22. The summed E-state index contributed by atoms with van der Waals surface area (Å²) >= 11 is 0. The Morgan fingerprint density at radius 1 is 1.05 bits per heavy atom. The van der Waals surface area contributed by atoms with Crippen LogP contribution in [-0.4, -0.2) is 53.4 Å². The molecule has 0 aliphatic carbocycles. The van der Waals surface area contributed by atoms with Crippen LogP contribution in [0.15, 0.2) is 48.5 Å². The summed E-state index contributed by atoms with van der Waals surface area (Å²) in [5, 5.41) is 10.7. The molecule has 0 saturated carbocycles. The highest BCUT2D eigenvalue weighted by Gasteiger charge is 2.23. The molecule has 0 saturated heterocycles. The van der Waals surface area contributed by atoms with Crippen molar-refractivity contribution in [2.45, 2.75) is 53.4 Å². The van der Waals surface area contributed by atoms with Crippen molar-refractivity contribution in [2.75, 3.05) is 37.4 Å². The van der Waals surface area contributed by atoms with Gasteiger partial charge in [-0.3, -0.25) is 4.79 Å². The van der Waals surface area contributed by atoms with Crippen molar-refractivity contribution < 1.29 is 14.3 Å². The molecule has 2 aromatic carbocycles. The van der Waals surface area contributed by atoms with Crippen LogP contribution in [0.25, 0.3) is 5.69 Å². The topological polar surface area (TPSA) is 88.5 Å².